The average Bonchev–Trinajstić information content (AvgIpc) is 3.17. The minimum atomic E-state index is -4.67. The van der Waals surface area contributed by atoms with Crippen molar-refractivity contribution in [3.63, 3.8) is 0 Å². The second-order valence-corrected chi connectivity index (χ2v) is 9.72. The Bertz CT molecular complexity index is 1380. The van der Waals surface area contributed by atoms with Gasteiger partial charge in [-0.2, -0.15) is 13.2 Å². The Morgan fingerprint density at radius 2 is 1.94 bits per heavy atom. The predicted molar refractivity (Wildman–Crippen MR) is 126 cm³/mol. The molecule has 184 valence electrons. The fraction of sp³-hybridized carbons (Fsp3) is 0.227. The van der Waals surface area contributed by atoms with Gasteiger partial charge in [-0.05, 0) is 36.8 Å². The van der Waals surface area contributed by atoms with E-state index in [9.17, 15) is 26.4 Å². The van der Waals surface area contributed by atoms with Crippen molar-refractivity contribution in [2.75, 3.05) is 26.4 Å². The van der Waals surface area contributed by atoms with Crippen molar-refractivity contribution in [3.8, 4) is 0 Å². The summed E-state index contributed by atoms with van der Waals surface area (Å²) in [5.74, 6) is -0.131. The van der Waals surface area contributed by atoms with Crippen LogP contribution in [-0.2, 0) is 34.0 Å². The van der Waals surface area contributed by atoms with Crippen LogP contribution in [-0.4, -0.2) is 30.0 Å². The van der Waals surface area contributed by atoms with Crippen LogP contribution in [0.25, 0.3) is 0 Å². The lowest BCUT2D eigenvalue weighted by Gasteiger charge is -2.17. The van der Waals surface area contributed by atoms with Gasteiger partial charge in [-0.3, -0.25) is 9.52 Å². The summed E-state index contributed by atoms with van der Waals surface area (Å²) in [5.41, 5.74) is 1.15. The number of halogens is 3. The van der Waals surface area contributed by atoms with Gasteiger partial charge < -0.3 is 16.0 Å². The van der Waals surface area contributed by atoms with Crippen LogP contribution >= 0.6 is 0 Å². The molecule has 0 radical (unpaired) electrons. The quantitative estimate of drug-likeness (QED) is 0.362. The molecular weight excluding hydrogens is 485 g/mol. The van der Waals surface area contributed by atoms with Gasteiger partial charge in [0.25, 0.3) is 0 Å². The first-order chi connectivity index (χ1) is 16.5. The van der Waals surface area contributed by atoms with Crippen molar-refractivity contribution in [1.82, 2.24) is 9.97 Å². The highest BCUT2D eigenvalue weighted by Gasteiger charge is 2.34. The van der Waals surface area contributed by atoms with E-state index in [-0.39, 0.29) is 41.9 Å². The molecule has 4 rings (SSSR count). The fourth-order valence-electron chi connectivity index (χ4n) is 3.43. The lowest BCUT2D eigenvalue weighted by atomic mass is 10.1. The Labute approximate surface area is 199 Å². The molecule has 0 bridgehead atoms. The summed E-state index contributed by atoms with van der Waals surface area (Å²) in [7, 11) is -3.62. The van der Waals surface area contributed by atoms with Crippen LogP contribution in [0.5, 0.6) is 0 Å². The Kier molecular flexibility index (Phi) is 6.52. The van der Waals surface area contributed by atoms with E-state index < -0.39 is 21.8 Å². The summed E-state index contributed by atoms with van der Waals surface area (Å²) in [5, 5.41) is 8.39. The molecule has 3 heterocycles. The first kappa shape index (κ1) is 24.3. The number of benzene rings is 1. The van der Waals surface area contributed by atoms with Gasteiger partial charge in [0.05, 0.1) is 23.4 Å². The number of carbonyl (C=O) groups excluding carboxylic acids is 1. The third-order valence-corrected chi connectivity index (χ3v) is 6.47. The fourth-order valence-corrected chi connectivity index (χ4v) is 4.06. The summed E-state index contributed by atoms with van der Waals surface area (Å²) in [6.45, 7) is 1.33. The lowest BCUT2D eigenvalue weighted by Crippen LogP contribution is -2.18. The number of alkyl halides is 3. The van der Waals surface area contributed by atoms with Crippen LogP contribution in [0, 0.1) is 0 Å². The molecule has 0 spiro atoms. The largest absolute Gasteiger partial charge is 0.419 e. The van der Waals surface area contributed by atoms with Gasteiger partial charge in [-0.1, -0.05) is 6.07 Å². The maximum absolute atomic E-state index is 13.6. The monoisotopic (exact) mass is 506 g/mol. The third kappa shape index (κ3) is 5.80. The van der Waals surface area contributed by atoms with Gasteiger partial charge in [0, 0.05) is 41.9 Å². The zero-order chi connectivity index (χ0) is 25.2. The maximum Gasteiger partial charge on any atom is 0.419 e. The minimum Gasteiger partial charge on any atom is -0.380 e. The molecule has 1 aliphatic rings. The molecule has 0 saturated carbocycles. The Morgan fingerprint density at radius 1 is 1.14 bits per heavy atom. The molecule has 1 amide bonds. The topological polar surface area (TPSA) is 125 Å². The lowest BCUT2D eigenvalue weighted by molar-refractivity contribution is -0.137. The van der Waals surface area contributed by atoms with E-state index in [1.54, 1.807) is 30.3 Å². The highest BCUT2D eigenvalue weighted by Crippen LogP contribution is 2.36. The van der Waals surface area contributed by atoms with Crippen LogP contribution in [0.2, 0.25) is 0 Å². The number of anilines is 5. The minimum absolute atomic E-state index is 0.0316. The molecule has 4 N–H and O–H groups in total. The molecule has 1 aliphatic heterocycles. The van der Waals surface area contributed by atoms with Gasteiger partial charge in [0.15, 0.2) is 0 Å². The molecule has 3 aromatic rings. The van der Waals surface area contributed by atoms with Crippen molar-refractivity contribution in [2.45, 2.75) is 26.1 Å². The highest BCUT2D eigenvalue weighted by atomic mass is 32.2. The third-order valence-electron chi connectivity index (χ3n) is 5.20. The number of pyridine rings is 2. The molecule has 0 aliphatic carbocycles. The van der Waals surface area contributed by atoms with E-state index in [0.29, 0.717) is 23.1 Å². The van der Waals surface area contributed by atoms with E-state index in [2.05, 4.69) is 30.6 Å². The van der Waals surface area contributed by atoms with Crippen LogP contribution in [0.3, 0.4) is 0 Å². The van der Waals surface area contributed by atoms with Crippen molar-refractivity contribution in [2.24, 2.45) is 0 Å². The number of hydrogen-bond donors (Lipinski definition) is 4. The van der Waals surface area contributed by atoms with Crippen molar-refractivity contribution in [3.05, 3.63) is 65.5 Å². The number of aromatic nitrogens is 2. The summed E-state index contributed by atoms with van der Waals surface area (Å²) in [6, 6.07) is 9.43. The molecule has 0 fully saturated rings. The number of nitrogens with zero attached hydrogens (tertiary/aromatic N) is 2. The number of rotatable bonds is 8. The van der Waals surface area contributed by atoms with Gasteiger partial charge in [0.2, 0.25) is 15.9 Å². The Balaban J connectivity index is 1.58. The SMILES string of the molecule is CCS(=O)(=O)Nc1ncccc1CNc1cc(Nc2ccc3c(c2)CC(=O)N3)ncc1C(F)(F)F. The highest BCUT2D eigenvalue weighted by molar-refractivity contribution is 7.92. The van der Waals surface area contributed by atoms with E-state index in [0.717, 1.165) is 5.56 Å². The first-order valence-electron chi connectivity index (χ1n) is 10.5. The van der Waals surface area contributed by atoms with E-state index >= 15 is 0 Å². The van der Waals surface area contributed by atoms with Gasteiger partial charge >= 0.3 is 6.18 Å². The normalized spacial score (nSPS) is 13.2. The summed E-state index contributed by atoms with van der Waals surface area (Å²) in [4.78, 5) is 19.4. The second kappa shape index (κ2) is 9.41. The standard InChI is InChI=1S/C22H21F3N6O3S/c1-2-35(33,34)31-21-13(4-3-7-26-21)11-27-18-10-19(28-12-16(18)22(23,24)25)29-15-5-6-17-14(8-15)9-20(32)30-17/h3-8,10,12H,2,9,11H2,1H3,(H,26,31)(H,30,32)(H2,27,28,29). The van der Waals surface area contributed by atoms with Crippen molar-refractivity contribution < 1.29 is 26.4 Å². The van der Waals surface area contributed by atoms with Crippen LogP contribution < -0.4 is 20.7 Å². The number of sulfonamides is 1. The molecule has 0 saturated heterocycles. The molecule has 35 heavy (non-hydrogen) atoms. The van der Waals surface area contributed by atoms with Gasteiger partial charge in [-0.25, -0.2) is 18.4 Å². The number of carbonyl (C=O) groups is 1. The van der Waals surface area contributed by atoms with Crippen LogP contribution in [0.15, 0.2) is 48.8 Å². The maximum atomic E-state index is 13.6. The molecule has 0 unspecified atom stereocenters. The van der Waals surface area contributed by atoms with Crippen LogP contribution in [0.1, 0.15) is 23.6 Å². The van der Waals surface area contributed by atoms with E-state index in [1.807, 2.05) is 0 Å². The Morgan fingerprint density at radius 3 is 2.69 bits per heavy atom. The Hall–Kier alpha value is -3.87. The van der Waals surface area contributed by atoms with Crippen molar-refractivity contribution in [1.29, 1.82) is 0 Å². The average molecular weight is 507 g/mol. The summed E-state index contributed by atoms with van der Waals surface area (Å²) < 4.78 is 67.1. The number of amides is 1. The molecule has 1 aromatic carbocycles. The number of hydrogen-bond acceptors (Lipinski definition) is 7. The van der Waals surface area contributed by atoms with E-state index in [4.69, 9.17) is 0 Å². The summed E-state index contributed by atoms with van der Waals surface area (Å²) >= 11 is 0. The molecular formula is C22H21F3N6O3S. The zero-order valence-corrected chi connectivity index (χ0v) is 19.2. The van der Waals surface area contributed by atoms with Crippen LogP contribution in [0.4, 0.5) is 41.9 Å². The molecule has 2 aromatic heterocycles. The molecule has 13 heteroatoms. The van der Waals surface area contributed by atoms with Gasteiger partial charge in [0.1, 0.15) is 11.6 Å². The first-order valence-corrected chi connectivity index (χ1v) is 12.1. The predicted octanol–water partition coefficient (Wildman–Crippen LogP) is 4.11. The number of fused-ring (bicyclic) bond motifs is 1. The second-order valence-electron chi connectivity index (χ2n) is 7.70. The van der Waals surface area contributed by atoms with Crippen molar-refractivity contribution >= 4 is 44.6 Å². The summed E-state index contributed by atoms with van der Waals surface area (Å²) in [6.07, 6.45) is -2.36. The molecule has 9 nitrogen and oxygen atoms in total. The van der Waals surface area contributed by atoms with Gasteiger partial charge in [-0.15, -0.1) is 0 Å². The smallest absolute Gasteiger partial charge is 0.380 e. The number of nitrogens with one attached hydrogen (secondary N) is 4. The molecule has 0 atom stereocenters. The zero-order valence-electron chi connectivity index (χ0n) is 18.4. The van der Waals surface area contributed by atoms with E-state index in [1.165, 1.54) is 19.2 Å².